The summed E-state index contributed by atoms with van der Waals surface area (Å²) in [6, 6.07) is 57.5. The lowest BCUT2D eigenvalue weighted by Crippen LogP contribution is -2.00. The number of hydrogen-bond acceptors (Lipinski definition) is 6. The molecule has 6 nitrogen and oxygen atoms in total. The SMILES string of the molecule is c1ccc(-c2ccc3ccc4cc5c(-c6ccc(-c7nc(-c8ccccc8)nc(-c8ccccc8)n7)cc6)nc6ccccc6c5nc4c3n2)cc1. The summed E-state index contributed by atoms with van der Waals surface area (Å²) in [6.07, 6.45) is 0. The standard InChI is InChI=1S/C46H28N6/c1-4-12-29(13-5-1)38-27-26-31-22-25-35-28-37-40(48-39-19-11-10-18-36(39)43(37)49-42(35)41(31)47-38)30-20-23-34(24-21-30)46-51-44(32-14-6-2-7-15-32)50-45(52-46)33-16-8-3-9-17-33/h1-28H. The molecule has 0 amide bonds. The van der Waals surface area contributed by atoms with Crippen LogP contribution in [0.15, 0.2) is 170 Å². The van der Waals surface area contributed by atoms with Gasteiger partial charge in [0, 0.05) is 49.4 Å². The monoisotopic (exact) mass is 664 g/mol. The van der Waals surface area contributed by atoms with E-state index < -0.39 is 0 Å². The minimum atomic E-state index is 0.609. The molecule has 0 aliphatic rings. The Bertz CT molecular complexity index is 2870. The van der Waals surface area contributed by atoms with E-state index in [2.05, 4.69) is 78.9 Å². The fraction of sp³-hybridized carbons (Fsp3) is 0. The van der Waals surface area contributed by atoms with Crippen molar-refractivity contribution in [3.8, 4) is 56.7 Å². The van der Waals surface area contributed by atoms with Crippen LogP contribution < -0.4 is 0 Å². The van der Waals surface area contributed by atoms with Crippen LogP contribution in [-0.2, 0) is 0 Å². The van der Waals surface area contributed by atoms with Gasteiger partial charge in [-0.15, -0.1) is 0 Å². The minimum absolute atomic E-state index is 0.609. The summed E-state index contributed by atoms with van der Waals surface area (Å²) in [4.78, 5) is 30.4. The summed E-state index contributed by atoms with van der Waals surface area (Å²) in [6.45, 7) is 0. The van der Waals surface area contributed by atoms with Gasteiger partial charge in [-0.3, -0.25) is 0 Å². The normalized spacial score (nSPS) is 11.5. The lowest BCUT2D eigenvalue weighted by Gasteiger charge is -2.13. The molecule has 0 saturated carbocycles. The van der Waals surface area contributed by atoms with Crippen molar-refractivity contribution in [2.75, 3.05) is 0 Å². The molecule has 6 heteroatoms. The van der Waals surface area contributed by atoms with Crippen molar-refractivity contribution >= 4 is 43.6 Å². The number of benzene rings is 6. The molecule has 52 heavy (non-hydrogen) atoms. The van der Waals surface area contributed by atoms with Gasteiger partial charge in [0.15, 0.2) is 17.5 Å². The highest BCUT2D eigenvalue weighted by Crippen LogP contribution is 2.36. The highest BCUT2D eigenvalue weighted by Gasteiger charge is 2.17. The van der Waals surface area contributed by atoms with Gasteiger partial charge >= 0.3 is 0 Å². The third-order valence-corrected chi connectivity index (χ3v) is 9.48. The molecule has 10 aromatic rings. The number of hydrogen-bond donors (Lipinski definition) is 0. The molecule has 0 unspecified atom stereocenters. The fourth-order valence-electron chi connectivity index (χ4n) is 6.86. The number of fused-ring (bicyclic) bond motifs is 6. The molecule has 0 atom stereocenters. The van der Waals surface area contributed by atoms with Gasteiger partial charge in [-0.2, -0.15) is 0 Å². The van der Waals surface area contributed by atoms with Crippen molar-refractivity contribution < 1.29 is 0 Å². The first-order chi connectivity index (χ1) is 25.7. The Kier molecular flexibility index (Phi) is 7.03. The van der Waals surface area contributed by atoms with Gasteiger partial charge in [0.2, 0.25) is 0 Å². The Hall–Kier alpha value is -7.18. The second-order valence-electron chi connectivity index (χ2n) is 12.7. The van der Waals surface area contributed by atoms with E-state index in [0.717, 1.165) is 82.8 Å². The Labute approximate surface area is 299 Å². The van der Waals surface area contributed by atoms with Crippen LogP contribution in [0.3, 0.4) is 0 Å². The average Bonchev–Trinajstić information content (AvgIpc) is 3.23. The zero-order chi connectivity index (χ0) is 34.4. The molecule has 0 aliphatic carbocycles. The van der Waals surface area contributed by atoms with Crippen molar-refractivity contribution in [1.29, 1.82) is 0 Å². The van der Waals surface area contributed by atoms with E-state index in [-0.39, 0.29) is 0 Å². The van der Waals surface area contributed by atoms with Crippen LogP contribution in [0, 0.1) is 0 Å². The maximum absolute atomic E-state index is 5.37. The summed E-state index contributed by atoms with van der Waals surface area (Å²) in [5.74, 6) is 1.87. The summed E-state index contributed by atoms with van der Waals surface area (Å²) in [5.41, 5.74) is 10.1. The lowest BCUT2D eigenvalue weighted by atomic mass is 10.00. The third kappa shape index (κ3) is 5.22. The minimum Gasteiger partial charge on any atom is -0.247 e. The van der Waals surface area contributed by atoms with Gasteiger partial charge < -0.3 is 0 Å². The van der Waals surface area contributed by atoms with Crippen molar-refractivity contribution in [2.45, 2.75) is 0 Å². The van der Waals surface area contributed by atoms with Crippen molar-refractivity contribution in [1.82, 2.24) is 29.9 Å². The first-order valence-corrected chi connectivity index (χ1v) is 17.2. The van der Waals surface area contributed by atoms with Crippen LogP contribution in [0.25, 0.3) is 100 Å². The molecule has 0 radical (unpaired) electrons. The Morgan fingerprint density at radius 1 is 0.288 bits per heavy atom. The fourth-order valence-corrected chi connectivity index (χ4v) is 6.86. The van der Waals surface area contributed by atoms with Gasteiger partial charge in [0.25, 0.3) is 0 Å². The molecule has 4 aromatic heterocycles. The van der Waals surface area contributed by atoms with Crippen molar-refractivity contribution in [2.24, 2.45) is 0 Å². The molecule has 6 aromatic carbocycles. The van der Waals surface area contributed by atoms with Crippen molar-refractivity contribution in [3.05, 3.63) is 170 Å². The number of nitrogens with zero attached hydrogens (tertiary/aromatic N) is 6. The number of rotatable bonds is 5. The van der Waals surface area contributed by atoms with Crippen LogP contribution in [0.5, 0.6) is 0 Å². The Morgan fingerprint density at radius 2 is 0.788 bits per heavy atom. The molecule has 242 valence electrons. The molecular formula is C46H28N6. The predicted octanol–water partition coefficient (Wildman–Crippen LogP) is 11.0. The number of pyridine rings is 3. The summed E-state index contributed by atoms with van der Waals surface area (Å²) >= 11 is 0. The van der Waals surface area contributed by atoms with E-state index in [0.29, 0.717) is 17.5 Å². The Balaban J connectivity index is 1.13. The Morgan fingerprint density at radius 3 is 1.44 bits per heavy atom. The number of aromatic nitrogens is 6. The highest BCUT2D eigenvalue weighted by atomic mass is 15.0. The zero-order valence-corrected chi connectivity index (χ0v) is 27.8. The smallest absolute Gasteiger partial charge is 0.164 e. The molecule has 0 saturated heterocycles. The van der Waals surface area contributed by atoms with Crippen LogP contribution in [0.2, 0.25) is 0 Å². The van der Waals surface area contributed by atoms with E-state index in [1.807, 2.05) is 91.0 Å². The molecule has 4 heterocycles. The number of para-hydroxylation sites is 1. The molecule has 0 bridgehead atoms. The van der Waals surface area contributed by atoms with Crippen LogP contribution in [0.1, 0.15) is 0 Å². The average molecular weight is 665 g/mol. The molecule has 0 spiro atoms. The molecule has 0 N–H and O–H groups in total. The zero-order valence-electron chi connectivity index (χ0n) is 27.8. The van der Waals surface area contributed by atoms with Gasteiger partial charge in [-0.25, -0.2) is 29.9 Å². The van der Waals surface area contributed by atoms with Gasteiger partial charge in [-0.1, -0.05) is 152 Å². The van der Waals surface area contributed by atoms with Gasteiger partial charge in [0.05, 0.1) is 33.5 Å². The second kappa shape index (κ2) is 12.3. The quantitative estimate of drug-likeness (QED) is 0.135. The van der Waals surface area contributed by atoms with E-state index in [4.69, 9.17) is 29.9 Å². The van der Waals surface area contributed by atoms with Gasteiger partial charge in [-0.05, 0) is 18.2 Å². The molecular weight excluding hydrogens is 637 g/mol. The first kappa shape index (κ1) is 29.7. The maximum Gasteiger partial charge on any atom is 0.164 e. The predicted molar refractivity (Wildman–Crippen MR) is 210 cm³/mol. The lowest BCUT2D eigenvalue weighted by molar-refractivity contribution is 1.07. The first-order valence-electron chi connectivity index (χ1n) is 17.2. The topological polar surface area (TPSA) is 77.3 Å². The second-order valence-corrected chi connectivity index (χ2v) is 12.7. The summed E-state index contributed by atoms with van der Waals surface area (Å²) < 4.78 is 0. The summed E-state index contributed by atoms with van der Waals surface area (Å²) in [7, 11) is 0. The highest BCUT2D eigenvalue weighted by molar-refractivity contribution is 6.15. The van der Waals surface area contributed by atoms with E-state index in [1.54, 1.807) is 0 Å². The molecule has 0 aliphatic heterocycles. The van der Waals surface area contributed by atoms with Gasteiger partial charge in [0.1, 0.15) is 0 Å². The summed E-state index contributed by atoms with van der Waals surface area (Å²) in [5, 5.41) is 4.05. The van der Waals surface area contributed by atoms with E-state index in [9.17, 15) is 0 Å². The van der Waals surface area contributed by atoms with Crippen molar-refractivity contribution in [3.63, 3.8) is 0 Å². The van der Waals surface area contributed by atoms with E-state index >= 15 is 0 Å². The molecule has 10 rings (SSSR count). The van der Waals surface area contributed by atoms with Crippen LogP contribution in [-0.4, -0.2) is 29.9 Å². The van der Waals surface area contributed by atoms with Crippen LogP contribution >= 0.6 is 0 Å². The largest absolute Gasteiger partial charge is 0.247 e. The maximum atomic E-state index is 5.37. The van der Waals surface area contributed by atoms with E-state index in [1.165, 1.54) is 0 Å². The van der Waals surface area contributed by atoms with Crippen LogP contribution in [0.4, 0.5) is 0 Å². The third-order valence-electron chi connectivity index (χ3n) is 9.48. The molecule has 0 fully saturated rings.